The van der Waals surface area contributed by atoms with Crippen molar-refractivity contribution >= 4 is 22.7 Å². The summed E-state index contributed by atoms with van der Waals surface area (Å²) in [7, 11) is 3.15. The van der Waals surface area contributed by atoms with Crippen LogP contribution in [0.25, 0.3) is 11.2 Å². The van der Waals surface area contributed by atoms with E-state index in [0.29, 0.717) is 5.56 Å². The number of aryl methyl sites for hydroxylation is 2. The summed E-state index contributed by atoms with van der Waals surface area (Å²) in [6.07, 6.45) is 2.64. The van der Waals surface area contributed by atoms with Crippen molar-refractivity contribution in [1.29, 1.82) is 0 Å². The van der Waals surface area contributed by atoms with Crippen molar-refractivity contribution in [3.8, 4) is 0 Å². The van der Waals surface area contributed by atoms with Crippen molar-refractivity contribution in [3.63, 3.8) is 0 Å². The zero-order chi connectivity index (χ0) is 18.6. The molecule has 2 heterocycles. The van der Waals surface area contributed by atoms with E-state index in [2.05, 4.69) is 4.98 Å². The molecule has 26 heavy (non-hydrogen) atoms. The first-order valence-electron chi connectivity index (χ1n) is 7.89. The fourth-order valence-corrected chi connectivity index (χ4v) is 3.19. The molecule has 1 aliphatic carbocycles. The Morgan fingerprint density at radius 3 is 2.42 bits per heavy atom. The number of aromatic nitrogens is 4. The topological polar surface area (TPSA) is 96.0 Å². The number of hydrogen-bond donors (Lipinski definition) is 0. The number of carbonyl (C=O) groups is 2. The van der Waals surface area contributed by atoms with Gasteiger partial charge in [-0.2, -0.15) is 0 Å². The molecule has 0 aliphatic heterocycles. The lowest BCUT2D eigenvalue weighted by atomic mass is 9.89. The van der Waals surface area contributed by atoms with Gasteiger partial charge in [0.05, 0.1) is 12.9 Å². The van der Waals surface area contributed by atoms with Crippen molar-refractivity contribution < 1.29 is 9.59 Å². The maximum Gasteiger partial charge on any atom is 0.332 e. The van der Waals surface area contributed by atoms with Gasteiger partial charge in [0.25, 0.3) is 5.56 Å². The number of imidazole rings is 1. The van der Waals surface area contributed by atoms with Crippen molar-refractivity contribution in [1.82, 2.24) is 18.7 Å². The monoisotopic (exact) mass is 350 g/mol. The molecule has 8 nitrogen and oxygen atoms in total. The van der Waals surface area contributed by atoms with Crippen LogP contribution in [0.4, 0.5) is 0 Å². The van der Waals surface area contributed by atoms with Crippen molar-refractivity contribution in [2.24, 2.45) is 14.1 Å². The van der Waals surface area contributed by atoms with E-state index < -0.39 is 11.2 Å². The molecular weight excluding hydrogens is 336 g/mol. The molecule has 0 saturated heterocycles. The Balaban J connectivity index is 1.88. The third-order valence-electron chi connectivity index (χ3n) is 4.56. The van der Waals surface area contributed by atoms with Crippen molar-refractivity contribution in [2.75, 3.05) is 0 Å². The van der Waals surface area contributed by atoms with Gasteiger partial charge in [0.2, 0.25) is 0 Å². The van der Waals surface area contributed by atoms with Crippen LogP contribution in [0, 0.1) is 0 Å². The second-order valence-corrected chi connectivity index (χ2v) is 6.17. The minimum absolute atomic E-state index is 0.106. The van der Waals surface area contributed by atoms with Gasteiger partial charge in [0.15, 0.2) is 22.7 Å². The van der Waals surface area contributed by atoms with E-state index in [-0.39, 0.29) is 40.4 Å². The molecule has 1 aromatic carbocycles. The average Bonchev–Trinajstić information content (AvgIpc) is 3.03. The SMILES string of the molecule is Cn1cnc2c1c(=O)n(CC1=CC(=O)c3ccccc3C1=O)c(=O)n2C. The second-order valence-electron chi connectivity index (χ2n) is 6.17. The predicted octanol–water partition coefficient (Wildman–Crippen LogP) is 0.439. The maximum absolute atomic E-state index is 12.8. The first-order chi connectivity index (χ1) is 12.4. The minimum atomic E-state index is -0.596. The van der Waals surface area contributed by atoms with Gasteiger partial charge in [-0.25, -0.2) is 9.78 Å². The number of carbonyl (C=O) groups excluding carboxylic acids is 2. The van der Waals surface area contributed by atoms with E-state index in [0.717, 1.165) is 4.57 Å². The summed E-state index contributed by atoms with van der Waals surface area (Å²) in [5, 5.41) is 0. The molecule has 0 spiro atoms. The van der Waals surface area contributed by atoms with E-state index in [1.54, 1.807) is 31.3 Å². The van der Waals surface area contributed by atoms with Crippen LogP contribution in [-0.4, -0.2) is 30.3 Å². The summed E-state index contributed by atoms with van der Waals surface area (Å²) in [4.78, 5) is 54.4. The zero-order valence-electron chi connectivity index (χ0n) is 14.1. The number of allylic oxidation sites excluding steroid dienone is 2. The van der Waals surface area contributed by atoms with Gasteiger partial charge in [0, 0.05) is 30.8 Å². The standard InChI is InChI=1S/C18H14N4O4/c1-20-9-19-16-14(20)17(25)22(18(26)21(16)2)8-10-7-13(23)11-5-3-4-6-12(11)15(10)24/h3-7,9H,8H2,1-2H3. The number of Topliss-reactive ketones (excluding diaryl/α,β-unsaturated/α-hetero) is 1. The lowest BCUT2D eigenvalue weighted by Crippen LogP contribution is -2.41. The molecule has 0 bridgehead atoms. The highest BCUT2D eigenvalue weighted by Gasteiger charge is 2.26. The Morgan fingerprint density at radius 2 is 1.69 bits per heavy atom. The Hall–Kier alpha value is -3.55. The van der Waals surface area contributed by atoms with Crippen LogP contribution in [0.15, 0.2) is 51.8 Å². The molecule has 0 saturated carbocycles. The molecular formula is C18H14N4O4. The number of ketones is 2. The zero-order valence-corrected chi connectivity index (χ0v) is 14.1. The Kier molecular flexibility index (Phi) is 3.36. The average molecular weight is 350 g/mol. The highest BCUT2D eigenvalue weighted by atomic mass is 16.2. The van der Waals surface area contributed by atoms with Gasteiger partial charge in [-0.15, -0.1) is 0 Å². The van der Waals surface area contributed by atoms with Crippen molar-refractivity contribution in [3.05, 3.63) is 74.2 Å². The number of hydrogen-bond acceptors (Lipinski definition) is 5. The van der Waals surface area contributed by atoms with Crippen LogP contribution < -0.4 is 11.2 Å². The molecule has 0 N–H and O–H groups in total. The van der Waals surface area contributed by atoms with Gasteiger partial charge in [0.1, 0.15) is 0 Å². The van der Waals surface area contributed by atoms with Gasteiger partial charge < -0.3 is 4.57 Å². The molecule has 130 valence electrons. The molecule has 0 fully saturated rings. The third-order valence-corrected chi connectivity index (χ3v) is 4.56. The molecule has 0 atom stereocenters. The van der Waals surface area contributed by atoms with Crippen LogP contribution in [0.5, 0.6) is 0 Å². The normalized spacial score (nSPS) is 13.8. The van der Waals surface area contributed by atoms with Gasteiger partial charge in [-0.1, -0.05) is 24.3 Å². The Bertz CT molecular complexity index is 1260. The minimum Gasteiger partial charge on any atom is -0.328 e. The Morgan fingerprint density at radius 1 is 1.00 bits per heavy atom. The van der Waals surface area contributed by atoms with Gasteiger partial charge in [-0.05, 0) is 6.08 Å². The third kappa shape index (κ3) is 2.12. The highest BCUT2D eigenvalue weighted by Crippen LogP contribution is 2.21. The highest BCUT2D eigenvalue weighted by molar-refractivity contribution is 6.24. The fourth-order valence-electron chi connectivity index (χ4n) is 3.19. The first-order valence-corrected chi connectivity index (χ1v) is 7.89. The Labute approximate surface area is 146 Å². The summed E-state index contributed by atoms with van der Waals surface area (Å²) in [6.45, 7) is -0.272. The quantitative estimate of drug-likeness (QED) is 0.668. The molecule has 0 amide bonds. The summed E-state index contributed by atoms with van der Waals surface area (Å²) in [6, 6.07) is 6.49. The summed E-state index contributed by atoms with van der Waals surface area (Å²) in [5.74, 6) is -0.680. The maximum atomic E-state index is 12.8. The smallest absolute Gasteiger partial charge is 0.328 e. The molecule has 8 heteroatoms. The van der Waals surface area contributed by atoms with E-state index in [4.69, 9.17) is 0 Å². The van der Waals surface area contributed by atoms with E-state index in [1.807, 2.05) is 0 Å². The van der Waals surface area contributed by atoms with Crippen LogP contribution in [0.3, 0.4) is 0 Å². The number of rotatable bonds is 2. The van der Waals surface area contributed by atoms with Crippen LogP contribution in [0.2, 0.25) is 0 Å². The fraction of sp³-hybridized carbons (Fsp3) is 0.167. The lowest BCUT2D eigenvalue weighted by Gasteiger charge is -2.16. The van der Waals surface area contributed by atoms with Crippen LogP contribution in [0.1, 0.15) is 20.7 Å². The molecule has 0 unspecified atom stereocenters. The largest absolute Gasteiger partial charge is 0.332 e. The number of fused-ring (bicyclic) bond motifs is 2. The molecule has 3 aromatic rings. The number of nitrogens with zero attached hydrogens (tertiary/aromatic N) is 4. The predicted molar refractivity (Wildman–Crippen MR) is 93.4 cm³/mol. The molecule has 2 aromatic heterocycles. The summed E-state index contributed by atoms with van der Waals surface area (Å²) in [5.41, 5.74) is 0.0793. The molecule has 4 rings (SSSR count). The first kappa shape index (κ1) is 15.9. The molecule has 1 aliphatic rings. The second kappa shape index (κ2) is 5.48. The van der Waals surface area contributed by atoms with E-state index in [1.165, 1.54) is 28.6 Å². The van der Waals surface area contributed by atoms with Gasteiger partial charge in [-0.3, -0.25) is 23.5 Å². The summed E-state index contributed by atoms with van der Waals surface area (Å²) < 4.78 is 3.72. The number of benzene rings is 1. The van der Waals surface area contributed by atoms with E-state index in [9.17, 15) is 19.2 Å². The van der Waals surface area contributed by atoms with Crippen molar-refractivity contribution in [2.45, 2.75) is 6.54 Å². The lowest BCUT2D eigenvalue weighted by molar-refractivity contribution is 0.0980. The van der Waals surface area contributed by atoms with Crippen LogP contribution >= 0.6 is 0 Å². The molecule has 0 radical (unpaired) electrons. The van der Waals surface area contributed by atoms with Gasteiger partial charge >= 0.3 is 5.69 Å². The summed E-state index contributed by atoms with van der Waals surface area (Å²) >= 11 is 0. The van der Waals surface area contributed by atoms with E-state index >= 15 is 0 Å². The van der Waals surface area contributed by atoms with Crippen LogP contribution in [-0.2, 0) is 20.6 Å².